The summed E-state index contributed by atoms with van der Waals surface area (Å²) in [7, 11) is 1.60. The number of methoxy groups -OCH3 is 1. The van der Waals surface area contributed by atoms with Gasteiger partial charge in [-0.3, -0.25) is 0 Å². The van der Waals surface area contributed by atoms with E-state index in [9.17, 15) is 0 Å². The fourth-order valence-corrected chi connectivity index (χ4v) is 3.24. The molecule has 1 saturated carbocycles. The number of nitrogens with two attached hydrogens (primary N) is 1. The molecule has 21 heavy (non-hydrogen) atoms. The Morgan fingerprint density at radius 1 is 1.29 bits per heavy atom. The van der Waals surface area contributed by atoms with Gasteiger partial charge in [0.1, 0.15) is 6.10 Å². The van der Waals surface area contributed by atoms with Crippen molar-refractivity contribution in [2.45, 2.75) is 37.2 Å². The van der Waals surface area contributed by atoms with Crippen LogP contribution in [0.1, 0.15) is 49.1 Å². The second kappa shape index (κ2) is 5.95. The predicted molar refractivity (Wildman–Crippen MR) is 78.8 cm³/mol. The lowest BCUT2D eigenvalue weighted by atomic mass is 9.78. The lowest BCUT2D eigenvalue weighted by Gasteiger charge is -2.25. The Hall–Kier alpha value is -1.72. The highest BCUT2D eigenvalue weighted by Gasteiger charge is 2.41. The first-order valence-corrected chi connectivity index (χ1v) is 7.42. The van der Waals surface area contributed by atoms with Gasteiger partial charge in [0, 0.05) is 13.7 Å². The summed E-state index contributed by atoms with van der Waals surface area (Å²) in [6.07, 6.45) is 4.14. The Morgan fingerprint density at radius 3 is 2.62 bits per heavy atom. The van der Waals surface area contributed by atoms with E-state index in [-0.39, 0.29) is 11.5 Å². The molecule has 2 aromatic rings. The zero-order chi connectivity index (χ0) is 14.7. The predicted octanol–water partition coefficient (Wildman–Crippen LogP) is 2.58. The summed E-state index contributed by atoms with van der Waals surface area (Å²) in [5, 5.41) is 4.24. The largest absolute Gasteiger partial charge is 0.370 e. The number of aromatic nitrogens is 2. The molecule has 1 aromatic heterocycles. The van der Waals surface area contributed by atoms with Crippen molar-refractivity contribution in [2.75, 3.05) is 13.7 Å². The Kier molecular flexibility index (Phi) is 4.03. The standard InChI is InChI=1S/C16H21N3O2/c1-20-13(11-17)14-18-15(19-21-14)16(9-5-6-10-16)12-7-3-2-4-8-12/h2-4,7-8,13H,5-6,9-11,17H2,1H3. The lowest BCUT2D eigenvalue weighted by molar-refractivity contribution is 0.0803. The summed E-state index contributed by atoms with van der Waals surface area (Å²) in [4.78, 5) is 4.60. The van der Waals surface area contributed by atoms with Gasteiger partial charge in [-0.25, -0.2) is 0 Å². The fraction of sp³-hybridized carbons (Fsp3) is 0.500. The van der Waals surface area contributed by atoms with E-state index in [1.807, 2.05) is 6.07 Å². The third-order valence-electron chi connectivity index (χ3n) is 4.43. The molecule has 0 bridgehead atoms. The van der Waals surface area contributed by atoms with Crippen molar-refractivity contribution in [3.8, 4) is 0 Å². The Morgan fingerprint density at radius 2 is 2.00 bits per heavy atom. The summed E-state index contributed by atoms with van der Waals surface area (Å²) >= 11 is 0. The minimum Gasteiger partial charge on any atom is -0.370 e. The molecule has 1 unspecified atom stereocenters. The van der Waals surface area contributed by atoms with Crippen molar-refractivity contribution in [1.29, 1.82) is 0 Å². The number of ether oxygens (including phenoxy) is 1. The van der Waals surface area contributed by atoms with Crippen molar-refractivity contribution >= 4 is 0 Å². The van der Waals surface area contributed by atoms with E-state index in [0.717, 1.165) is 18.7 Å². The summed E-state index contributed by atoms with van der Waals surface area (Å²) in [5.41, 5.74) is 6.80. The van der Waals surface area contributed by atoms with E-state index in [4.69, 9.17) is 15.0 Å². The molecular weight excluding hydrogens is 266 g/mol. The maximum atomic E-state index is 5.67. The zero-order valence-electron chi connectivity index (χ0n) is 12.3. The number of hydrogen-bond donors (Lipinski definition) is 1. The molecule has 3 rings (SSSR count). The average Bonchev–Trinajstić information content (AvgIpc) is 3.19. The van der Waals surface area contributed by atoms with E-state index in [2.05, 4.69) is 34.4 Å². The summed E-state index contributed by atoms with van der Waals surface area (Å²) in [5.74, 6) is 1.23. The van der Waals surface area contributed by atoms with Crippen LogP contribution in [-0.2, 0) is 10.2 Å². The van der Waals surface area contributed by atoms with Crippen molar-refractivity contribution in [2.24, 2.45) is 5.73 Å². The molecule has 2 N–H and O–H groups in total. The van der Waals surface area contributed by atoms with Crippen LogP contribution in [0.3, 0.4) is 0 Å². The average molecular weight is 287 g/mol. The molecule has 1 aromatic carbocycles. The Balaban J connectivity index is 1.99. The van der Waals surface area contributed by atoms with E-state index < -0.39 is 0 Å². The topological polar surface area (TPSA) is 74.2 Å². The molecule has 0 radical (unpaired) electrons. The van der Waals surface area contributed by atoms with Crippen LogP contribution in [-0.4, -0.2) is 23.8 Å². The molecule has 1 heterocycles. The molecule has 1 aliphatic rings. The molecule has 1 aliphatic carbocycles. The third kappa shape index (κ3) is 2.47. The van der Waals surface area contributed by atoms with Crippen LogP contribution in [0.5, 0.6) is 0 Å². The Bertz CT molecular complexity index is 572. The SMILES string of the molecule is COC(CN)c1nc(C2(c3ccccc3)CCCC2)no1. The second-order valence-electron chi connectivity index (χ2n) is 5.57. The van der Waals surface area contributed by atoms with Crippen LogP contribution in [0.15, 0.2) is 34.9 Å². The maximum absolute atomic E-state index is 5.67. The van der Waals surface area contributed by atoms with Crippen LogP contribution in [0.25, 0.3) is 0 Å². The quantitative estimate of drug-likeness (QED) is 0.915. The van der Waals surface area contributed by atoms with Crippen LogP contribution >= 0.6 is 0 Å². The van der Waals surface area contributed by atoms with Crippen LogP contribution in [0.2, 0.25) is 0 Å². The van der Waals surface area contributed by atoms with Gasteiger partial charge in [-0.1, -0.05) is 48.3 Å². The molecule has 5 heteroatoms. The third-order valence-corrected chi connectivity index (χ3v) is 4.43. The smallest absolute Gasteiger partial charge is 0.257 e. The second-order valence-corrected chi connectivity index (χ2v) is 5.57. The Labute approximate surface area is 124 Å². The molecule has 0 spiro atoms. The summed E-state index contributed by atoms with van der Waals surface area (Å²) in [6.45, 7) is 0.330. The lowest BCUT2D eigenvalue weighted by Crippen LogP contribution is -2.25. The van der Waals surface area contributed by atoms with Gasteiger partial charge in [0.15, 0.2) is 5.82 Å². The van der Waals surface area contributed by atoms with Crippen molar-refractivity contribution < 1.29 is 9.26 Å². The van der Waals surface area contributed by atoms with Crippen molar-refractivity contribution in [3.63, 3.8) is 0 Å². The van der Waals surface area contributed by atoms with Gasteiger partial charge in [-0.05, 0) is 18.4 Å². The van der Waals surface area contributed by atoms with E-state index in [1.165, 1.54) is 18.4 Å². The van der Waals surface area contributed by atoms with Gasteiger partial charge in [0.05, 0.1) is 5.41 Å². The van der Waals surface area contributed by atoms with Gasteiger partial charge >= 0.3 is 0 Å². The first-order chi connectivity index (χ1) is 10.3. The van der Waals surface area contributed by atoms with Gasteiger partial charge in [0.2, 0.25) is 0 Å². The van der Waals surface area contributed by atoms with Gasteiger partial charge in [-0.2, -0.15) is 4.98 Å². The maximum Gasteiger partial charge on any atom is 0.257 e. The fourth-order valence-electron chi connectivity index (χ4n) is 3.24. The number of nitrogens with zero attached hydrogens (tertiary/aromatic N) is 2. The number of benzene rings is 1. The number of rotatable bonds is 5. The normalized spacial score (nSPS) is 18.8. The molecule has 112 valence electrons. The highest BCUT2D eigenvalue weighted by molar-refractivity contribution is 5.33. The van der Waals surface area contributed by atoms with E-state index in [0.29, 0.717) is 12.4 Å². The first-order valence-electron chi connectivity index (χ1n) is 7.42. The van der Waals surface area contributed by atoms with E-state index in [1.54, 1.807) is 7.11 Å². The number of hydrogen-bond acceptors (Lipinski definition) is 5. The highest BCUT2D eigenvalue weighted by Crippen LogP contribution is 2.45. The van der Waals surface area contributed by atoms with Gasteiger partial charge in [0.25, 0.3) is 5.89 Å². The highest BCUT2D eigenvalue weighted by atomic mass is 16.5. The summed E-state index contributed by atoms with van der Waals surface area (Å²) < 4.78 is 10.7. The van der Waals surface area contributed by atoms with Gasteiger partial charge in [-0.15, -0.1) is 0 Å². The molecule has 5 nitrogen and oxygen atoms in total. The minimum atomic E-state index is -0.333. The molecule has 0 amide bonds. The summed E-state index contributed by atoms with van der Waals surface area (Å²) in [6, 6.07) is 10.5. The van der Waals surface area contributed by atoms with E-state index >= 15 is 0 Å². The van der Waals surface area contributed by atoms with Crippen molar-refractivity contribution in [1.82, 2.24) is 10.1 Å². The molecule has 0 saturated heterocycles. The van der Waals surface area contributed by atoms with Crippen LogP contribution < -0.4 is 5.73 Å². The zero-order valence-corrected chi connectivity index (χ0v) is 12.3. The monoisotopic (exact) mass is 287 g/mol. The molecule has 1 atom stereocenters. The van der Waals surface area contributed by atoms with Crippen molar-refractivity contribution in [3.05, 3.63) is 47.6 Å². The molecule has 1 fully saturated rings. The first kappa shape index (κ1) is 14.2. The molecule has 0 aliphatic heterocycles. The van der Waals surface area contributed by atoms with Crippen LogP contribution in [0, 0.1) is 0 Å². The molecular formula is C16H21N3O2. The van der Waals surface area contributed by atoms with Gasteiger partial charge < -0.3 is 15.0 Å². The minimum absolute atomic E-state index is 0.129. The van der Waals surface area contributed by atoms with Crippen LogP contribution in [0.4, 0.5) is 0 Å².